The van der Waals surface area contributed by atoms with E-state index in [4.69, 9.17) is 5.11 Å². The quantitative estimate of drug-likeness (QED) is 0.756. The van der Waals surface area contributed by atoms with Crippen LogP contribution in [-0.4, -0.2) is 29.1 Å². The van der Waals surface area contributed by atoms with Gasteiger partial charge in [-0.25, -0.2) is 4.39 Å². The third-order valence-electron chi connectivity index (χ3n) is 2.82. The van der Waals surface area contributed by atoms with Crippen LogP contribution in [0.2, 0.25) is 0 Å². The molecular weight excluding hydrogens is 310 g/mol. The van der Waals surface area contributed by atoms with Gasteiger partial charge in [0.2, 0.25) is 0 Å². The number of rotatable bonds is 7. The Morgan fingerprint density at radius 1 is 1.43 bits per heavy atom. The fraction of sp³-hybridized carbons (Fsp3) is 0.462. The van der Waals surface area contributed by atoms with Crippen LogP contribution in [0, 0.1) is 5.82 Å². The molecule has 0 bridgehead atoms. The van der Waals surface area contributed by atoms with Gasteiger partial charge in [0.15, 0.2) is 0 Å². The van der Waals surface area contributed by atoms with Gasteiger partial charge in [-0.05, 0) is 36.6 Å². The summed E-state index contributed by atoms with van der Waals surface area (Å²) in [6.45, 7) is -0.277. The van der Waals surface area contributed by atoms with Crippen LogP contribution < -0.4 is 5.32 Å². The summed E-state index contributed by atoms with van der Waals surface area (Å²) >= 11 is 1.45. The molecule has 0 heterocycles. The normalized spacial score (nSPS) is 13.2. The van der Waals surface area contributed by atoms with Crippen LogP contribution in [0.15, 0.2) is 18.2 Å². The minimum Gasteiger partial charge on any atom is -0.480 e. The van der Waals surface area contributed by atoms with E-state index in [0.717, 1.165) is 6.07 Å². The maximum absolute atomic E-state index is 13.5. The van der Waals surface area contributed by atoms with Crippen molar-refractivity contribution >= 4 is 17.7 Å². The van der Waals surface area contributed by atoms with Crippen LogP contribution >= 0.6 is 11.8 Å². The van der Waals surface area contributed by atoms with Crippen LogP contribution in [-0.2, 0) is 17.5 Å². The van der Waals surface area contributed by atoms with Gasteiger partial charge in [0.1, 0.15) is 11.9 Å². The Bertz CT molecular complexity index is 494. The second-order valence-corrected chi connectivity index (χ2v) is 5.34. The van der Waals surface area contributed by atoms with Crippen LogP contribution in [0.1, 0.15) is 17.5 Å². The summed E-state index contributed by atoms with van der Waals surface area (Å²) in [5, 5.41) is 11.6. The van der Waals surface area contributed by atoms with E-state index >= 15 is 0 Å². The molecule has 1 aromatic rings. The number of alkyl halides is 3. The monoisotopic (exact) mass is 325 g/mol. The highest BCUT2D eigenvalue weighted by Crippen LogP contribution is 2.30. The van der Waals surface area contributed by atoms with Crippen LogP contribution in [0.4, 0.5) is 17.6 Å². The molecule has 0 aromatic heterocycles. The second-order valence-electron chi connectivity index (χ2n) is 4.36. The van der Waals surface area contributed by atoms with Gasteiger partial charge in [0.05, 0.1) is 5.56 Å². The zero-order chi connectivity index (χ0) is 16.0. The number of thioether (sulfide) groups is 1. The van der Waals surface area contributed by atoms with Gasteiger partial charge in [-0.2, -0.15) is 24.9 Å². The van der Waals surface area contributed by atoms with Gasteiger partial charge in [-0.1, -0.05) is 0 Å². The number of nitrogens with one attached hydrogen (secondary N) is 1. The van der Waals surface area contributed by atoms with Crippen molar-refractivity contribution in [3.05, 3.63) is 35.1 Å². The van der Waals surface area contributed by atoms with Crippen molar-refractivity contribution in [1.29, 1.82) is 0 Å². The number of aliphatic carboxylic acids is 1. The standard InChI is InChI=1S/C13H15F4NO2S/c1-21-5-4-11(12(19)20)18-7-8-6-9(13(15,16)17)2-3-10(8)14/h2-3,6,11,18H,4-5,7H2,1H3,(H,19,20)/t11-/m1/s1. The number of carboxylic acids is 1. The van der Waals surface area contributed by atoms with Crippen molar-refractivity contribution in [2.45, 2.75) is 25.2 Å². The van der Waals surface area contributed by atoms with Crippen molar-refractivity contribution in [2.24, 2.45) is 0 Å². The minimum atomic E-state index is -4.56. The van der Waals surface area contributed by atoms with E-state index in [1.165, 1.54) is 11.8 Å². The first-order chi connectivity index (χ1) is 9.75. The van der Waals surface area contributed by atoms with Gasteiger partial charge >= 0.3 is 12.1 Å². The molecule has 0 aliphatic carbocycles. The molecule has 0 spiro atoms. The molecule has 0 unspecified atom stereocenters. The van der Waals surface area contributed by atoms with Crippen molar-refractivity contribution in [3.63, 3.8) is 0 Å². The van der Waals surface area contributed by atoms with E-state index in [1.54, 1.807) is 0 Å². The molecule has 0 amide bonds. The average molecular weight is 325 g/mol. The fourth-order valence-electron chi connectivity index (χ4n) is 1.67. The minimum absolute atomic E-state index is 0.208. The molecule has 8 heteroatoms. The zero-order valence-electron chi connectivity index (χ0n) is 11.2. The Labute approximate surface area is 123 Å². The van der Waals surface area contributed by atoms with Gasteiger partial charge in [0.25, 0.3) is 0 Å². The van der Waals surface area contributed by atoms with Crippen molar-refractivity contribution in [3.8, 4) is 0 Å². The zero-order valence-corrected chi connectivity index (χ0v) is 12.0. The third kappa shape index (κ3) is 5.55. The molecule has 21 heavy (non-hydrogen) atoms. The molecule has 1 atom stereocenters. The molecule has 0 fully saturated rings. The lowest BCUT2D eigenvalue weighted by atomic mass is 10.1. The number of halogens is 4. The van der Waals surface area contributed by atoms with Crippen molar-refractivity contribution < 1.29 is 27.5 Å². The summed E-state index contributed by atoms with van der Waals surface area (Å²) in [4.78, 5) is 11.0. The predicted molar refractivity (Wildman–Crippen MR) is 72.7 cm³/mol. The molecular formula is C13H15F4NO2S. The summed E-state index contributed by atoms with van der Waals surface area (Å²) in [5.74, 6) is -1.34. The predicted octanol–water partition coefficient (Wildman–Crippen LogP) is 3.14. The molecule has 0 radical (unpaired) electrons. The smallest absolute Gasteiger partial charge is 0.416 e. The fourth-order valence-corrected chi connectivity index (χ4v) is 2.14. The van der Waals surface area contributed by atoms with Crippen molar-refractivity contribution in [1.82, 2.24) is 5.32 Å². The highest BCUT2D eigenvalue weighted by molar-refractivity contribution is 7.98. The largest absolute Gasteiger partial charge is 0.480 e. The lowest BCUT2D eigenvalue weighted by molar-refractivity contribution is -0.140. The number of hydrogen-bond acceptors (Lipinski definition) is 3. The first kappa shape index (κ1) is 17.8. The highest BCUT2D eigenvalue weighted by atomic mass is 32.2. The van der Waals surface area contributed by atoms with E-state index in [-0.39, 0.29) is 12.1 Å². The van der Waals surface area contributed by atoms with E-state index < -0.39 is 29.6 Å². The first-order valence-electron chi connectivity index (χ1n) is 6.06. The van der Waals surface area contributed by atoms with Crippen LogP contribution in [0.25, 0.3) is 0 Å². The average Bonchev–Trinajstić information content (AvgIpc) is 2.38. The lowest BCUT2D eigenvalue weighted by Crippen LogP contribution is -2.36. The lowest BCUT2D eigenvalue weighted by Gasteiger charge is -2.15. The molecule has 0 saturated heterocycles. The van der Waals surface area contributed by atoms with E-state index in [1.807, 2.05) is 6.26 Å². The molecule has 0 aliphatic heterocycles. The Kier molecular flexibility index (Phi) is 6.47. The number of benzene rings is 1. The third-order valence-corrected chi connectivity index (χ3v) is 3.46. The van der Waals surface area contributed by atoms with Crippen LogP contribution in [0.3, 0.4) is 0 Å². The maximum atomic E-state index is 13.5. The molecule has 118 valence electrons. The molecule has 0 saturated carbocycles. The molecule has 1 aromatic carbocycles. The summed E-state index contributed by atoms with van der Waals surface area (Å²) in [6, 6.07) is 1.15. The summed E-state index contributed by atoms with van der Waals surface area (Å²) in [5.41, 5.74) is -1.17. The first-order valence-corrected chi connectivity index (χ1v) is 7.46. The summed E-state index contributed by atoms with van der Waals surface area (Å²) in [6.07, 6.45) is -2.45. The van der Waals surface area contributed by atoms with Gasteiger partial charge in [-0.3, -0.25) is 4.79 Å². The van der Waals surface area contributed by atoms with Gasteiger partial charge in [-0.15, -0.1) is 0 Å². The van der Waals surface area contributed by atoms with Gasteiger partial charge in [0, 0.05) is 12.1 Å². The number of carbonyl (C=O) groups is 1. The molecule has 3 nitrogen and oxygen atoms in total. The van der Waals surface area contributed by atoms with Crippen LogP contribution in [0.5, 0.6) is 0 Å². The Balaban J connectivity index is 2.79. The molecule has 1 rings (SSSR count). The molecule has 2 N–H and O–H groups in total. The number of carboxylic acid groups (broad SMARTS) is 1. The Morgan fingerprint density at radius 3 is 2.62 bits per heavy atom. The van der Waals surface area contributed by atoms with Gasteiger partial charge < -0.3 is 10.4 Å². The number of hydrogen-bond donors (Lipinski definition) is 2. The Morgan fingerprint density at radius 2 is 2.10 bits per heavy atom. The highest BCUT2D eigenvalue weighted by Gasteiger charge is 2.31. The summed E-state index contributed by atoms with van der Waals surface area (Å²) < 4.78 is 51.2. The van der Waals surface area contributed by atoms with E-state index in [2.05, 4.69) is 5.32 Å². The van der Waals surface area contributed by atoms with E-state index in [9.17, 15) is 22.4 Å². The van der Waals surface area contributed by atoms with Crippen molar-refractivity contribution in [2.75, 3.05) is 12.0 Å². The topological polar surface area (TPSA) is 49.3 Å². The van der Waals surface area contributed by atoms with E-state index in [0.29, 0.717) is 24.3 Å². The summed E-state index contributed by atoms with van der Waals surface area (Å²) in [7, 11) is 0. The second kappa shape index (κ2) is 7.65. The Hall–Kier alpha value is -1.28. The SMILES string of the molecule is CSCC[C@@H](NCc1cc(C(F)(F)F)ccc1F)C(=O)O. The maximum Gasteiger partial charge on any atom is 0.416 e. The molecule has 0 aliphatic rings.